The zero-order valence-electron chi connectivity index (χ0n) is 3.69. The van der Waals surface area contributed by atoms with Crippen molar-refractivity contribution in [3.63, 3.8) is 0 Å². The molecule has 0 radical (unpaired) electrons. The molecule has 0 aliphatic rings. The maximum absolute atomic E-state index is 9.80. The van der Waals surface area contributed by atoms with E-state index in [1.165, 1.54) is 14.2 Å². The van der Waals surface area contributed by atoms with Crippen LogP contribution in [0, 0.1) is 0 Å². The van der Waals surface area contributed by atoms with Crippen molar-refractivity contribution in [3.05, 3.63) is 0 Å². The Bertz CT molecular complexity index is 59.8. The highest BCUT2D eigenvalue weighted by molar-refractivity contribution is 6.61. The lowest BCUT2D eigenvalue weighted by molar-refractivity contribution is 0.0466. The molecule has 0 unspecified atom stereocenters. The van der Waals surface area contributed by atoms with E-state index in [0.717, 1.165) is 0 Å². The zero-order valence-corrected chi connectivity index (χ0v) is 4.45. The summed E-state index contributed by atoms with van der Waals surface area (Å²) in [5.74, 6) is 0. The van der Waals surface area contributed by atoms with Gasteiger partial charge in [0.25, 0.3) is 0 Å². The summed E-state index contributed by atoms with van der Waals surface area (Å²) in [5.41, 5.74) is -0.519. The third kappa shape index (κ3) is 2.03. The van der Waals surface area contributed by atoms with Crippen LogP contribution < -0.4 is 0 Å². The Kier molecular flexibility index (Phi) is 1.95. The maximum Gasteiger partial charge on any atom is 0.620 e. The Labute approximate surface area is 41.4 Å². The molecule has 0 amide bonds. The van der Waals surface area contributed by atoms with E-state index >= 15 is 0 Å². The smallest absolute Gasteiger partial charge is 0.537 e. The Morgan fingerprint density at radius 1 is 1.67 bits per heavy atom. The summed E-state index contributed by atoms with van der Waals surface area (Å²) in [7, 11) is 3.02. The van der Waals surface area contributed by atoms with E-state index in [0.29, 0.717) is 0 Å². The summed E-state index contributed by atoms with van der Waals surface area (Å²) in [5, 5.41) is 0. The summed E-state index contributed by atoms with van der Waals surface area (Å²) in [4.78, 5) is 9.80. The fourth-order valence-corrected chi connectivity index (χ4v) is 0. The minimum absolute atomic E-state index is 0.519. The van der Waals surface area contributed by atoms with Crippen molar-refractivity contribution in [2.75, 3.05) is 14.2 Å². The first kappa shape index (κ1) is 5.76. The quantitative estimate of drug-likeness (QED) is 0.338. The van der Waals surface area contributed by atoms with Gasteiger partial charge in [0.1, 0.15) is 14.2 Å². The molecule has 0 fully saturated rings. The molecule has 0 rings (SSSR count). The predicted octanol–water partition coefficient (Wildman–Crippen LogP) is 1.16. The summed E-state index contributed by atoms with van der Waals surface area (Å²) in [6, 6.07) is 0. The Morgan fingerprint density at radius 3 is 1.83 bits per heavy atom. The SMILES string of the molecule is C[O+](C)C(=O)Cl. The molecule has 0 N–H and O–H groups in total. The first-order chi connectivity index (χ1) is 2.64. The molecule has 0 aromatic heterocycles. The van der Waals surface area contributed by atoms with Crippen molar-refractivity contribution >= 4 is 17.0 Å². The maximum atomic E-state index is 9.80. The lowest BCUT2D eigenvalue weighted by atomic mass is 11.3. The van der Waals surface area contributed by atoms with Crippen LogP contribution in [0.2, 0.25) is 0 Å². The van der Waals surface area contributed by atoms with Crippen LogP contribution in [0.25, 0.3) is 0 Å². The second kappa shape index (κ2) is 2.03. The highest BCUT2D eigenvalue weighted by Crippen LogP contribution is 1.90. The molecule has 2 nitrogen and oxygen atoms in total. The van der Waals surface area contributed by atoms with Crippen LogP contribution in [-0.2, 0) is 4.37 Å². The van der Waals surface area contributed by atoms with E-state index in [9.17, 15) is 4.79 Å². The number of carbonyl (C=O) groups excluding carboxylic acids is 1. The molecule has 0 aromatic rings. The van der Waals surface area contributed by atoms with Crippen LogP contribution >= 0.6 is 11.6 Å². The van der Waals surface area contributed by atoms with Crippen molar-refractivity contribution in [2.45, 2.75) is 0 Å². The summed E-state index contributed by atoms with van der Waals surface area (Å²) in [6.07, 6.45) is 0. The Hall–Kier alpha value is -0.240. The fraction of sp³-hybridized carbons (Fsp3) is 0.667. The molecule has 0 bridgehead atoms. The Balaban J connectivity index is 3.26. The molecule has 0 aromatic carbocycles. The van der Waals surface area contributed by atoms with Gasteiger partial charge in [-0.1, -0.05) is 0 Å². The topological polar surface area (TPSA) is 19.8 Å². The van der Waals surface area contributed by atoms with E-state index in [2.05, 4.69) is 0 Å². The molecule has 0 heterocycles. The van der Waals surface area contributed by atoms with E-state index in [1.807, 2.05) is 4.37 Å². The van der Waals surface area contributed by atoms with Gasteiger partial charge in [-0.3, -0.25) is 0 Å². The van der Waals surface area contributed by atoms with Crippen molar-refractivity contribution in [2.24, 2.45) is 0 Å². The molecule has 3 heteroatoms. The predicted molar refractivity (Wildman–Crippen MR) is 24.2 cm³/mol. The van der Waals surface area contributed by atoms with E-state index in [1.54, 1.807) is 0 Å². The van der Waals surface area contributed by atoms with Crippen molar-refractivity contribution < 1.29 is 9.16 Å². The molecule has 0 spiro atoms. The first-order valence-electron chi connectivity index (χ1n) is 1.41. The van der Waals surface area contributed by atoms with Crippen molar-refractivity contribution in [1.29, 1.82) is 0 Å². The standard InChI is InChI=1S/C3H6ClO2/c1-6(2)3(4)5/h1-2H3/q+1. The third-order valence-electron chi connectivity index (χ3n) is 0.321. The highest BCUT2D eigenvalue weighted by Gasteiger charge is 2.04. The molecular formula is C3H6ClO2+. The van der Waals surface area contributed by atoms with Gasteiger partial charge < -0.3 is 4.37 Å². The van der Waals surface area contributed by atoms with Gasteiger partial charge in [-0.25, -0.2) is 0 Å². The summed E-state index contributed by atoms with van der Waals surface area (Å²) < 4.78 is 1.95. The molecule has 0 saturated carbocycles. The van der Waals surface area contributed by atoms with Crippen LogP contribution in [0.15, 0.2) is 0 Å². The van der Waals surface area contributed by atoms with Gasteiger partial charge in [0.05, 0.1) is 16.4 Å². The fourth-order valence-electron chi connectivity index (χ4n) is 0. The van der Waals surface area contributed by atoms with Crippen LogP contribution in [0.5, 0.6) is 0 Å². The molecule has 0 aliphatic carbocycles. The number of hydrogen-bond donors (Lipinski definition) is 0. The molecule has 0 atom stereocenters. The van der Waals surface area contributed by atoms with Crippen LogP contribution in [0.3, 0.4) is 0 Å². The van der Waals surface area contributed by atoms with E-state index in [-0.39, 0.29) is 0 Å². The largest absolute Gasteiger partial charge is 0.620 e. The van der Waals surface area contributed by atoms with Crippen LogP contribution in [-0.4, -0.2) is 19.6 Å². The van der Waals surface area contributed by atoms with Crippen molar-refractivity contribution in [1.82, 2.24) is 0 Å². The summed E-state index contributed by atoms with van der Waals surface area (Å²) in [6.45, 7) is 0. The second-order valence-corrected chi connectivity index (χ2v) is 1.36. The minimum atomic E-state index is -0.519. The monoisotopic (exact) mass is 109 g/mol. The molecule has 36 valence electrons. The summed E-state index contributed by atoms with van der Waals surface area (Å²) >= 11 is 4.86. The van der Waals surface area contributed by atoms with Gasteiger partial charge in [0.15, 0.2) is 0 Å². The normalized spacial score (nSPS) is 7.83. The molecule has 0 saturated heterocycles. The second-order valence-electron chi connectivity index (χ2n) is 1.05. The highest BCUT2D eigenvalue weighted by atomic mass is 35.5. The molecule has 6 heavy (non-hydrogen) atoms. The van der Waals surface area contributed by atoms with Gasteiger partial charge >= 0.3 is 5.43 Å². The lowest BCUT2D eigenvalue weighted by Crippen LogP contribution is -2.02. The minimum Gasteiger partial charge on any atom is -0.537 e. The van der Waals surface area contributed by atoms with E-state index in [4.69, 9.17) is 11.6 Å². The van der Waals surface area contributed by atoms with Crippen LogP contribution in [0.4, 0.5) is 4.79 Å². The number of carbonyl (C=O) groups is 1. The zero-order chi connectivity index (χ0) is 5.15. The van der Waals surface area contributed by atoms with Gasteiger partial charge in [0, 0.05) is 0 Å². The average Bonchev–Trinajstić information content (AvgIpc) is 1.36. The van der Waals surface area contributed by atoms with Gasteiger partial charge in [-0.15, -0.1) is 0 Å². The van der Waals surface area contributed by atoms with E-state index < -0.39 is 5.43 Å². The van der Waals surface area contributed by atoms with Gasteiger partial charge in [-0.05, 0) is 0 Å². The third-order valence-corrected chi connectivity index (χ3v) is 0.630. The van der Waals surface area contributed by atoms with Crippen molar-refractivity contribution in [3.8, 4) is 0 Å². The molecule has 0 aliphatic heterocycles. The lowest BCUT2D eigenvalue weighted by Gasteiger charge is -2.01. The average molecular weight is 110 g/mol. The molecular weight excluding hydrogens is 103 g/mol. The first-order valence-corrected chi connectivity index (χ1v) is 1.79. The Morgan fingerprint density at radius 2 is 1.83 bits per heavy atom. The van der Waals surface area contributed by atoms with Crippen LogP contribution in [0.1, 0.15) is 0 Å². The number of hydrogen-bond acceptors (Lipinski definition) is 1. The van der Waals surface area contributed by atoms with Gasteiger partial charge in [-0.2, -0.15) is 0 Å². The number of rotatable bonds is 0. The number of halogens is 1. The van der Waals surface area contributed by atoms with Gasteiger partial charge in [0.2, 0.25) is 0 Å².